The Morgan fingerprint density at radius 2 is 2.15 bits per heavy atom. The molecule has 1 fully saturated rings. The van der Waals surface area contributed by atoms with Gasteiger partial charge in [0, 0.05) is 5.54 Å². The lowest BCUT2D eigenvalue weighted by molar-refractivity contribution is -0.0260. The van der Waals surface area contributed by atoms with Crippen molar-refractivity contribution in [2.24, 2.45) is 5.73 Å². The van der Waals surface area contributed by atoms with Gasteiger partial charge < -0.3 is 10.5 Å². The summed E-state index contributed by atoms with van der Waals surface area (Å²) in [5, 5.41) is 0. The third kappa shape index (κ3) is 3.28. The van der Waals surface area contributed by atoms with Gasteiger partial charge >= 0.3 is 0 Å². The lowest BCUT2D eigenvalue weighted by Crippen LogP contribution is -2.39. The molecule has 78 valence electrons. The summed E-state index contributed by atoms with van der Waals surface area (Å²) in [7, 11) is 0. The normalized spacial score (nSPS) is 31.6. The Bertz CT molecular complexity index is 175. The van der Waals surface area contributed by atoms with E-state index in [0.717, 1.165) is 19.3 Å². The van der Waals surface area contributed by atoms with Crippen molar-refractivity contribution in [3.63, 3.8) is 0 Å². The van der Waals surface area contributed by atoms with Gasteiger partial charge in [-0.1, -0.05) is 6.92 Å². The molecule has 0 bridgehead atoms. The van der Waals surface area contributed by atoms with Gasteiger partial charge in [-0.15, -0.1) is 0 Å². The van der Waals surface area contributed by atoms with Crippen molar-refractivity contribution in [3.8, 4) is 0 Å². The van der Waals surface area contributed by atoms with Crippen LogP contribution in [0.5, 0.6) is 0 Å². The summed E-state index contributed by atoms with van der Waals surface area (Å²) >= 11 is 0. The molecule has 13 heavy (non-hydrogen) atoms. The van der Waals surface area contributed by atoms with Crippen LogP contribution >= 0.6 is 0 Å². The molecular weight excluding hydrogens is 162 g/mol. The van der Waals surface area contributed by atoms with Gasteiger partial charge in [0.15, 0.2) is 0 Å². The Morgan fingerprint density at radius 1 is 1.54 bits per heavy atom. The maximum absolute atomic E-state index is 6.10. The van der Waals surface area contributed by atoms with Crippen molar-refractivity contribution in [2.45, 2.75) is 70.6 Å². The summed E-state index contributed by atoms with van der Waals surface area (Å²) in [6.45, 7) is 8.57. The highest BCUT2D eigenvalue weighted by atomic mass is 16.5. The molecule has 0 aromatic carbocycles. The minimum atomic E-state index is -0.0505. The van der Waals surface area contributed by atoms with E-state index in [9.17, 15) is 0 Å². The van der Waals surface area contributed by atoms with Crippen molar-refractivity contribution in [2.75, 3.05) is 0 Å². The molecule has 0 aromatic heterocycles. The standard InChI is InChI=1S/C11H23NO/c1-5-11(4,12)8-9-6-7-10(2,3)13-9/h9H,5-8,12H2,1-4H3. The maximum atomic E-state index is 6.10. The molecule has 0 aliphatic carbocycles. The van der Waals surface area contributed by atoms with Gasteiger partial charge in [0.1, 0.15) is 0 Å². The number of nitrogens with two attached hydrogens (primary N) is 1. The van der Waals surface area contributed by atoms with Crippen LogP contribution in [-0.2, 0) is 4.74 Å². The largest absolute Gasteiger partial charge is 0.372 e. The zero-order valence-electron chi connectivity index (χ0n) is 9.39. The zero-order chi connectivity index (χ0) is 10.1. The Balaban J connectivity index is 2.40. The Kier molecular flexibility index (Phi) is 3.03. The first-order valence-corrected chi connectivity index (χ1v) is 5.31. The van der Waals surface area contributed by atoms with Crippen molar-refractivity contribution in [3.05, 3.63) is 0 Å². The molecule has 2 atom stereocenters. The fourth-order valence-electron chi connectivity index (χ4n) is 1.89. The maximum Gasteiger partial charge on any atom is 0.0631 e. The summed E-state index contributed by atoms with van der Waals surface area (Å²) < 4.78 is 5.91. The van der Waals surface area contributed by atoms with E-state index in [-0.39, 0.29) is 11.1 Å². The van der Waals surface area contributed by atoms with Crippen LogP contribution in [0.2, 0.25) is 0 Å². The topological polar surface area (TPSA) is 35.2 Å². The third-order valence-electron chi connectivity index (χ3n) is 3.06. The van der Waals surface area contributed by atoms with E-state index in [1.165, 1.54) is 6.42 Å². The van der Waals surface area contributed by atoms with E-state index in [2.05, 4.69) is 27.7 Å². The molecule has 0 spiro atoms. The highest BCUT2D eigenvalue weighted by Gasteiger charge is 2.34. The molecule has 2 nitrogen and oxygen atoms in total. The van der Waals surface area contributed by atoms with Gasteiger partial charge in [-0.2, -0.15) is 0 Å². The van der Waals surface area contributed by atoms with Crippen LogP contribution in [0.1, 0.15) is 53.4 Å². The second kappa shape index (κ2) is 3.58. The Morgan fingerprint density at radius 3 is 2.54 bits per heavy atom. The van der Waals surface area contributed by atoms with E-state index < -0.39 is 0 Å². The molecular formula is C11H23NO. The fraction of sp³-hybridized carbons (Fsp3) is 1.00. The van der Waals surface area contributed by atoms with Crippen LogP contribution in [0, 0.1) is 0 Å². The fourth-order valence-corrected chi connectivity index (χ4v) is 1.89. The van der Waals surface area contributed by atoms with Crippen LogP contribution in [0.25, 0.3) is 0 Å². The highest BCUT2D eigenvalue weighted by Crippen LogP contribution is 2.33. The van der Waals surface area contributed by atoms with Crippen LogP contribution in [0.3, 0.4) is 0 Å². The van der Waals surface area contributed by atoms with E-state index in [4.69, 9.17) is 10.5 Å². The average molecular weight is 185 g/mol. The van der Waals surface area contributed by atoms with Crippen LogP contribution in [0.15, 0.2) is 0 Å². The number of hydrogen-bond donors (Lipinski definition) is 1. The first-order valence-electron chi connectivity index (χ1n) is 5.31. The number of hydrogen-bond acceptors (Lipinski definition) is 2. The molecule has 0 saturated carbocycles. The van der Waals surface area contributed by atoms with Crippen LogP contribution in [0.4, 0.5) is 0 Å². The lowest BCUT2D eigenvalue weighted by Gasteiger charge is -2.27. The molecule has 1 saturated heterocycles. The molecule has 2 unspecified atom stereocenters. The predicted molar refractivity (Wildman–Crippen MR) is 55.7 cm³/mol. The second-order valence-corrected chi connectivity index (χ2v) is 5.25. The minimum Gasteiger partial charge on any atom is -0.372 e. The van der Waals surface area contributed by atoms with Crippen LogP contribution in [-0.4, -0.2) is 17.2 Å². The summed E-state index contributed by atoms with van der Waals surface area (Å²) in [5.74, 6) is 0. The monoisotopic (exact) mass is 185 g/mol. The summed E-state index contributed by atoms with van der Waals surface area (Å²) in [6.07, 6.45) is 4.72. The summed E-state index contributed by atoms with van der Waals surface area (Å²) in [6, 6.07) is 0. The second-order valence-electron chi connectivity index (χ2n) is 5.25. The van der Waals surface area contributed by atoms with Gasteiger partial charge in [0.05, 0.1) is 11.7 Å². The van der Waals surface area contributed by atoms with Gasteiger partial charge in [-0.3, -0.25) is 0 Å². The average Bonchev–Trinajstić information content (AvgIpc) is 2.29. The molecule has 2 N–H and O–H groups in total. The SMILES string of the molecule is CCC(C)(N)CC1CCC(C)(C)O1. The Hall–Kier alpha value is -0.0800. The van der Waals surface area contributed by atoms with Crippen molar-refractivity contribution in [1.29, 1.82) is 0 Å². The molecule has 1 heterocycles. The van der Waals surface area contributed by atoms with Gasteiger partial charge in [-0.25, -0.2) is 0 Å². The quantitative estimate of drug-likeness (QED) is 0.733. The lowest BCUT2D eigenvalue weighted by atomic mass is 9.91. The molecule has 2 heteroatoms. The zero-order valence-corrected chi connectivity index (χ0v) is 9.39. The van der Waals surface area contributed by atoms with Crippen molar-refractivity contribution >= 4 is 0 Å². The van der Waals surface area contributed by atoms with E-state index in [0.29, 0.717) is 6.10 Å². The molecule has 0 aromatic rings. The molecule has 0 amide bonds. The summed E-state index contributed by atoms with van der Waals surface area (Å²) in [4.78, 5) is 0. The van der Waals surface area contributed by atoms with Gasteiger partial charge in [0.2, 0.25) is 0 Å². The molecule has 1 aliphatic heterocycles. The molecule has 0 radical (unpaired) electrons. The molecule has 1 rings (SSSR count). The van der Waals surface area contributed by atoms with E-state index in [1.807, 2.05) is 0 Å². The number of rotatable bonds is 3. The van der Waals surface area contributed by atoms with Crippen LogP contribution < -0.4 is 5.73 Å². The third-order valence-corrected chi connectivity index (χ3v) is 3.06. The smallest absolute Gasteiger partial charge is 0.0631 e. The first kappa shape index (κ1) is 11.0. The Labute approximate surface area is 81.8 Å². The van der Waals surface area contributed by atoms with E-state index >= 15 is 0 Å². The number of ether oxygens (including phenoxy) is 1. The van der Waals surface area contributed by atoms with Crippen molar-refractivity contribution in [1.82, 2.24) is 0 Å². The summed E-state index contributed by atoms with van der Waals surface area (Å²) in [5.41, 5.74) is 6.13. The van der Waals surface area contributed by atoms with Gasteiger partial charge in [0.25, 0.3) is 0 Å². The molecule has 1 aliphatic rings. The minimum absolute atomic E-state index is 0.0505. The van der Waals surface area contributed by atoms with Gasteiger partial charge in [-0.05, 0) is 46.5 Å². The van der Waals surface area contributed by atoms with E-state index in [1.54, 1.807) is 0 Å². The highest BCUT2D eigenvalue weighted by molar-refractivity contribution is 4.87. The van der Waals surface area contributed by atoms with Crippen molar-refractivity contribution < 1.29 is 4.74 Å². The first-order chi connectivity index (χ1) is 5.85. The predicted octanol–water partition coefficient (Wildman–Crippen LogP) is 2.46.